The van der Waals surface area contributed by atoms with E-state index in [1.807, 2.05) is 0 Å². The molecule has 0 saturated heterocycles. The number of phosphoric acid groups is 1. The summed E-state index contributed by atoms with van der Waals surface area (Å²) in [6.45, 7) is 2.12. The van der Waals surface area contributed by atoms with E-state index in [-0.39, 0.29) is 12.8 Å². The quantitative estimate of drug-likeness (QED) is 0.0362. The molecule has 0 bridgehead atoms. The van der Waals surface area contributed by atoms with Gasteiger partial charge in [-0.3, -0.25) is 18.6 Å². The zero-order valence-electron chi connectivity index (χ0n) is 27.9. The van der Waals surface area contributed by atoms with Gasteiger partial charge in [-0.15, -0.1) is 0 Å². The maximum atomic E-state index is 12.2. The van der Waals surface area contributed by atoms with Crippen molar-refractivity contribution in [2.24, 2.45) is 0 Å². The molecule has 0 aliphatic rings. The average Bonchev–Trinajstić information content (AvgIpc) is 3.01. The monoisotopic (exact) mass is 652 g/mol. The molecule has 0 fully saturated rings. The summed E-state index contributed by atoms with van der Waals surface area (Å²) in [5, 5.41) is 18.9. The van der Waals surface area contributed by atoms with Gasteiger partial charge in [-0.1, -0.05) is 136 Å². The highest BCUT2D eigenvalue weighted by Gasteiger charge is 2.27. The van der Waals surface area contributed by atoms with Crippen LogP contribution < -0.4 is 0 Å². The molecule has 0 aliphatic heterocycles. The molecule has 3 N–H and O–H groups in total. The molecule has 0 heterocycles. The van der Waals surface area contributed by atoms with Crippen molar-refractivity contribution in [2.45, 2.75) is 174 Å². The van der Waals surface area contributed by atoms with Crippen LogP contribution in [-0.4, -0.2) is 65.7 Å². The van der Waals surface area contributed by atoms with Crippen LogP contribution in [0.5, 0.6) is 0 Å². The Hall–Kier alpha value is -1.03. The molecular formula is C33H65O10P. The molecule has 0 aromatic carbocycles. The normalized spacial score (nSPS) is 14.2. The van der Waals surface area contributed by atoms with Gasteiger partial charge >= 0.3 is 19.8 Å². The van der Waals surface area contributed by atoms with Crippen LogP contribution in [0.25, 0.3) is 0 Å². The maximum Gasteiger partial charge on any atom is 0.472 e. The first-order valence-electron chi connectivity index (χ1n) is 17.5. The van der Waals surface area contributed by atoms with Gasteiger partial charge in [0.25, 0.3) is 0 Å². The Labute approximate surface area is 267 Å². The SMILES string of the molecule is CCCCCCCCCCCCCCCCCC(=O)OC(CO)COP(=O)(O)OCC(CO)OC(=O)CCCCCCCC. The third-order valence-corrected chi connectivity index (χ3v) is 8.52. The van der Waals surface area contributed by atoms with Gasteiger partial charge in [-0.25, -0.2) is 4.57 Å². The summed E-state index contributed by atoms with van der Waals surface area (Å²) in [6.07, 6.45) is 22.6. The summed E-state index contributed by atoms with van der Waals surface area (Å²) < 4.78 is 32.2. The second kappa shape index (κ2) is 30.6. The number of unbranched alkanes of at least 4 members (excludes halogenated alkanes) is 19. The number of hydrogen-bond donors (Lipinski definition) is 3. The number of hydrogen-bond acceptors (Lipinski definition) is 9. The topological polar surface area (TPSA) is 149 Å². The lowest BCUT2D eigenvalue weighted by Gasteiger charge is -2.20. The fraction of sp³-hybridized carbons (Fsp3) is 0.939. The highest BCUT2D eigenvalue weighted by Crippen LogP contribution is 2.43. The van der Waals surface area contributed by atoms with Crippen LogP contribution in [0.15, 0.2) is 0 Å². The molecule has 0 radical (unpaired) electrons. The maximum absolute atomic E-state index is 12.2. The van der Waals surface area contributed by atoms with Crippen LogP contribution >= 0.6 is 7.82 Å². The summed E-state index contributed by atoms with van der Waals surface area (Å²) >= 11 is 0. The summed E-state index contributed by atoms with van der Waals surface area (Å²) in [5.41, 5.74) is 0. The number of aliphatic hydroxyl groups excluding tert-OH is 2. The van der Waals surface area contributed by atoms with Gasteiger partial charge in [0, 0.05) is 12.8 Å². The Morgan fingerprint density at radius 3 is 1.07 bits per heavy atom. The summed E-state index contributed by atoms with van der Waals surface area (Å²) in [5.74, 6) is -1.02. The molecule has 11 heteroatoms. The van der Waals surface area contributed by atoms with Crippen molar-refractivity contribution >= 4 is 19.8 Å². The van der Waals surface area contributed by atoms with Crippen molar-refractivity contribution in [1.29, 1.82) is 0 Å². The van der Waals surface area contributed by atoms with E-state index in [1.165, 1.54) is 77.0 Å². The Morgan fingerprint density at radius 2 is 0.795 bits per heavy atom. The van der Waals surface area contributed by atoms with Crippen molar-refractivity contribution in [3.63, 3.8) is 0 Å². The van der Waals surface area contributed by atoms with Gasteiger partial charge in [-0.2, -0.15) is 0 Å². The predicted molar refractivity (Wildman–Crippen MR) is 173 cm³/mol. The second-order valence-corrected chi connectivity index (χ2v) is 13.3. The Balaban J connectivity index is 3.94. The summed E-state index contributed by atoms with van der Waals surface area (Å²) in [4.78, 5) is 34.1. The molecular weight excluding hydrogens is 587 g/mol. The van der Waals surface area contributed by atoms with Crippen LogP contribution in [0.2, 0.25) is 0 Å². The van der Waals surface area contributed by atoms with Crippen molar-refractivity contribution in [3.05, 3.63) is 0 Å². The summed E-state index contributed by atoms with van der Waals surface area (Å²) in [6, 6.07) is 0. The first-order valence-corrected chi connectivity index (χ1v) is 19.0. The summed E-state index contributed by atoms with van der Waals surface area (Å²) in [7, 11) is -4.61. The van der Waals surface area contributed by atoms with E-state index < -0.39 is 58.4 Å². The number of phosphoric ester groups is 1. The standard InChI is InChI=1S/C33H65O10P/c1-3-5-7-9-11-12-13-14-15-16-17-18-19-21-23-25-33(37)43-31(27-35)29-41-44(38,39)40-28-30(26-34)42-32(36)24-22-20-10-8-6-4-2/h30-31,34-35H,3-29H2,1-2H3,(H,38,39). The number of carbonyl (C=O) groups is 2. The van der Waals surface area contributed by atoms with Gasteiger partial charge in [0.05, 0.1) is 26.4 Å². The van der Waals surface area contributed by atoms with E-state index in [0.29, 0.717) is 12.8 Å². The van der Waals surface area contributed by atoms with Crippen molar-refractivity contribution in [3.8, 4) is 0 Å². The first kappa shape index (κ1) is 43.0. The van der Waals surface area contributed by atoms with E-state index in [0.717, 1.165) is 44.9 Å². The number of ether oxygens (including phenoxy) is 2. The molecule has 0 spiro atoms. The van der Waals surface area contributed by atoms with Gasteiger partial charge in [-0.05, 0) is 12.8 Å². The molecule has 0 aliphatic carbocycles. The van der Waals surface area contributed by atoms with Crippen molar-refractivity contribution < 1.29 is 47.8 Å². The number of esters is 2. The van der Waals surface area contributed by atoms with Crippen LogP contribution in [0.4, 0.5) is 0 Å². The van der Waals surface area contributed by atoms with Gasteiger partial charge in [0.15, 0.2) is 0 Å². The van der Waals surface area contributed by atoms with Gasteiger partial charge in [0.1, 0.15) is 12.2 Å². The number of carbonyl (C=O) groups excluding carboxylic acids is 2. The average molecular weight is 653 g/mol. The smallest absolute Gasteiger partial charge is 0.457 e. The third-order valence-electron chi connectivity index (χ3n) is 7.57. The minimum Gasteiger partial charge on any atom is -0.457 e. The molecule has 0 amide bonds. The molecule has 44 heavy (non-hydrogen) atoms. The lowest BCUT2D eigenvalue weighted by Crippen LogP contribution is -2.28. The van der Waals surface area contributed by atoms with Crippen molar-refractivity contribution in [1.82, 2.24) is 0 Å². The Kier molecular flexibility index (Phi) is 29.9. The van der Waals surface area contributed by atoms with E-state index in [9.17, 15) is 29.3 Å². The highest BCUT2D eigenvalue weighted by molar-refractivity contribution is 7.47. The lowest BCUT2D eigenvalue weighted by atomic mass is 10.0. The number of rotatable bonds is 33. The highest BCUT2D eigenvalue weighted by atomic mass is 31.2. The molecule has 262 valence electrons. The minimum absolute atomic E-state index is 0.193. The van der Waals surface area contributed by atoms with Gasteiger partial charge < -0.3 is 24.6 Å². The lowest BCUT2D eigenvalue weighted by molar-refractivity contribution is -0.153. The van der Waals surface area contributed by atoms with Crippen LogP contribution in [0.3, 0.4) is 0 Å². The molecule has 3 atom stereocenters. The van der Waals surface area contributed by atoms with E-state index >= 15 is 0 Å². The third kappa shape index (κ3) is 28.4. The van der Waals surface area contributed by atoms with E-state index in [4.69, 9.17) is 18.5 Å². The van der Waals surface area contributed by atoms with Crippen molar-refractivity contribution in [2.75, 3.05) is 26.4 Å². The molecule has 0 aromatic rings. The first-order chi connectivity index (χ1) is 21.3. The van der Waals surface area contributed by atoms with Crippen LogP contribution in [0, 0.1) is 0 Å². The number of aliphatic hydroxyl groups is 2. The second-order valence-electron chi connectivity index (χ2n) is 11.9. The van der Waals surface area contributed by atoms with E-state index in [1.54, 1.807) is 0 Å². The van der Waals surface area contributed by atoms with Crippen LogP contribution in [0.1, 0.15) is 162 Å². The molecule has 0 rings (SSSR count). The van der Waals surface area contributed by atoms with Crippen LogP contribution in [-0.2, 0) is 32.7 Å². The largest absolute Gasteiger partial charge is 0.472 e. The molecule has 0 aromatic heterocycles. The molecule has 3 unspecified atom stereocenters. The zero-order valence-corrected chi connectivity index (χ0v) is 28.8. The van der Waals surface area contributed by atoms with E-state index in [2.05, 4.69) is 13.8 Å². The molecule has 10 nitrogen and oxygen atoms in total. The minimum atomic E-state index is -4.61. The Morgan fingerprint density at radius 1 is 0.523 bits per heavy atom. The fourth-order valence-corrected chi connectivity index (χ4v) is 5.60. The van der Waals surface area contributed by atoms with Gasteiger partial charge in [0.2, 0.25) is 0 Å². The predicted octanol–water partition coefficient (Wildman–Crippen LogP) is 7.94. The molecule has 0 saturated carbocycles. The Bertz CT molecular complexity index is 721. The zero-order chi connectivity index (χ0) is 32.7. The fourth-order valence-electron chi connectivity index (χ4n) is 4.82.